The molecular formula is C24H30N4O8. The van der Waals surface area contributed by atoms with Crippen LogP contribution in [-0.2, 0) is 25.6 Å². The van der Waals surface area contributed by atoms with Gasteiger partial charge in [0, 0.05) is 23.2 Å². The molecule has 1 aromatic carbocycles. The van der Waals surface area contributed by atoms with E-state index in [2.05, 4.69) is 10.6 Å². The molecule has 4 unspecified atom stereocenters. The van der Waals surface area contributed by atoms with Crippen LogP contribution in [0.3, 0.4) is 0 Å². The number of Topliss-reactive ketones (excluding diaryl/α,β-unsaturated/α-hetero) is 2. The third-order valence-corrected chi connectivity index (χ3v) is 7.48. The second-order valence-electron chi connectivity index (χ2n) is 9.92. The summed E-state index contributed by atoms with van der Waals surface area (Å²) in [6.45, 7) is 0.0879. The Hall–Kier alpha value is -3.32. The Morgan fingerprint density at radius 2 is 1.89 bits per heavy atom. The maximum Gasteiger partial charge on any atom is 0.238 e. The first-order valence-electron chi connectivity index (χ1n) is 11.5. The van der Waals surface area contributed by atoms with Crippen molar-refractivity contribution < 1.29 is 39.6 Å². The van der Waals surface area contributed by atoms with E-state index in [1.54, 1.807) is 19.0 Å². The zero-order chi connectivity index (χ0) is 26.7. The maximum absolute atomic E-state index is 13.7. The van der Waals surface area contributed by atoms with E-state index >= 15 is 0 Å². The predicted molar refractivity (Wildman–Crippen MR) is 127 cm³/mol. The minimum Gasteiger partial charge on any atom is -0.507 e. The minimum atomic E-state index is -2.71. The molecule has 4 rings (SSSR count). The molecule has 36 heavy (non-hydrogen) atoms. The van der Waals surface area contributed by atoms with Crippen LogP contribution in [0, 0.1) is 17.8 Å². The van der Waals surface area contributed by atoms with Crippen LogP contribution in [0.5, 0.6) is 5.75 Å². The van der Waals surface area contributed by atoms with E-state index in [9.17, 15) is 39.6 Å². The number of carbonyl (C=O) groups is 4. The Balaban J connectivity index is 1.84. The van der Waals surface area contributed by atoms with Gasteiger partial charge in [0.25, 0.3) is 0 Å². The van der Waals surface area contributed by atoms with Gasteiger partial charge < -0.3 is 41.7 Å². The van der Waals surface area contributed by atoms with Crippen LogP contribution in [0.2, 0.25) is 0 Å². The number of ketones is 2. The van der Waals surface area contributed by atoms with E-state index < -0.39 is 58.7 Å². The fourth-order valence-corrected chi connectivity index (χ4v) is 5.94. The highest BCUT2D eigenvalue weighted by atomic mass is 16.3. The highest BCUT2D eigenvalue weighted by Crippen LogP contribution is 2.52. The van der Waals surface area contributed by atoms with Crippen LogP contribution in [0.15, 0.2) is 17.7 Å². The summed E-state index contributed by atoms with van der Waals surface area (Å²) >= 11 is 0. The van der Waals surface area contributed by atoms with E-state index in [4.69, 9.17) is 5.73 Å². The van der Waals surface area contributed by atoms with E-state index in [1.807, 2.05) is 0 Å². The standard InChI is InChI=1S/C24H30N4O8/c1-26-18-11-7-9-6-10-12(27-14(30)8-28(2)3)4-5-13(29)16(10)19(31)15(9)21(33)24(11,36)22(34)17(20(18)32)23(25)35/h4-5,9,11,17-18,20,26,29,31-32,36H,6-8H2,1-3H3,(H2,25,35)(H,27,30)/t9?,11?,17?,18-,20?,24-/m0/s1. The average molecular weight is 503 g/mol. The first kappa shape index (κ1) is 25.8. The zero-order valence-electron chi connectivity index (χ0n) is 20.1. The number of rotatable bonds is 5. The van der Waals surface area contributed by atoms with Gasteiger partial charge in [-0.15, -0.1) is 0 Å². The molecule has 0 saturated heterocycles. The molecule has 3 aliphatic carbocycles. The maximum atomic E-state index is 13.7. The number of nitrogens with two attached hydrogens (primary N) is 1. The van der Waals surface area contributed by atoms with Crippen molar-refractivity contribution in [3.05, 3.63) is 28.8 Å². The number of aromatic hydroxyl groups is 1. The van der Waals surface area contributed by atoms with Crippen LogP contribution >= 0.6 is 0 Å². The van der Waals surface area contributed by atoms with E-state index in [-0.39, 0.29) is 42.2 Å². The summed E-state index contributed by atoms with van der Waals surface area (Å²) in [4.78, 5) is 52.9. The average Bonchev–Trinajstić information content (AvgIpc) is 2.77. The van der Waals surface area contributed by atoms with Gasteiger partial charge in [-0.25, -0.2) is 0 Å². The Morgan fingerprint density at radius 3 is 2.47 bits per heavy atom. The first-order valence-corrected chi connectivity index (χ1v) is 11.5. The Bertz CT molecular complexity index is 1190. The summed E-state index contributed by atoms with van der Waals surface area (Å²) in [6.07, 6.45) is -1.49. The van der Waals surface area contributed by atoms with Crippen LogP contribution in [-0.4, -0.2) is 94.1 Å². The number of hydrogen-bond acceptors (Lipinski definition) is 10. The second-order valence-corrected chi connectivity index (χ2v) is 9.92. The van der Waals surface area contributed by atoms with Crippen molar-refractivity contribution in [3.63, 3.8) is 0 Å². The topological polar surface area (TPSA) is 203 Å². The van der Waals surface area contributed by atoms with Gasteiger partial charge in [-0.3, -0.25) is 19.2 Å². The van der Waals surface area contributed by atoms with Crippen LogP contribution in [0.25, 0.3) is 5.76 Å². The Kier molecular flexibility index (Phi) is 6.41. The lowest BCUT2D eigenvalue weighted by Gasteiger charge is -2.52. The number of aliphatic hydroxyl groups is 3. The SMILES string of the molecule is CN[C@@H]1C(O)C(C(N)=O)C(=O)[C@@]2(O)C(=O)C3=C(O)c4c(O)ccc(NC(=O)CN(C)C)c4CC3CC12. The number of phenols is 1. The largest absolute Gasteiger partial charge is 0.507 e. The Morgan fingerprint density at radius 1 is 1.22 bits per heavy atom. The normalized spacial score (nSPS) is 31.6. The molecule has 6 atom stereocenters. The number of hydrogen-bond donors (Lipinski definition) is 7. The van der Waals surface area contributed by atoms with Crippen LogP contribution < -0.4 is 16.4 Å². The molecule has 194 valence electrons. The second kappa shape index (κ2) is 8.96. The molecule has 2 fully saturated rings. The molecule has 0 aliphatic heterocycles. The number of nitrogens with one attached hydrogen (secondary N) is 2. The number of benzene rings is 1. The summed E-state index contributed by atoms with van der Waals surface area (Å²) in [5.41, 5.74) is 3.00. The quantitative estimate of drug-likeness (QED) is 0.179. The van der Waals surface area contributed by atoms with Crippen molar-refractivity contribution in [3.8, 4) is 5.75 Å². The third-order valence-electron chi connectivity index (χ3n) is 7.48. The monoisotopic (exact) mass is 502 g/mol. The molecule has 12 nitrogen and oxygen atoms in total. The number of aliphatic hydroxyl groups excluding tert-OH is 2. The lowest BCUT2D eigenvalue weighted by atomic mass is 9.54. The van der Waals surface area contributed by atoms with Gasteiger partial charge >= 0.3 is 0 Å². The molecule has 0 heterocycles. The number of nitrogens with zero attached hydrogens (tertiary/aromatic N) is 1. The molecule has 2 saturated carbocycles. The van der Waals surface area contributed by atoms with Crippen molar-refractivity contribution in [2.45, 2.75) is 30.6 Å². The van der Waals surface area contributed by atoms with Crippen molar-refractivity contribution >= 4 is 34.8 Å². The molecule has 0 radical (unpaired) electrons. The molecule has 0 aromatic heterocycles. The molecular weight excluding hydrogens is 472 g/mol. The molecule has 1 aromatic rings. The van der Waals surface area contributed by atoms with Crippen molar-refractivity contribution in [1.29, 1.82) is 0 Å². The highest BCUT2D eigenvalue weighted by molar-refractivity contribution is 6.25. The molecule has 12 heteroatoms. The van der Waals surface area contributed by atoms with Gasteiger partial charge in [-0.1, -0.05) is 0 Å². The third kappa shape index (κ3) is 3.68. The highest BCUT2D eigenvalue weighted by Gasteiger charge is 2.67. The number of likely N-dealkylation sites (N-methyl/N-ethyl adjacent to an activating group) is 2. The molecule has 0 bridgehead atoms. The fraction of sp³-hybridized carbons (Fsp3) is 0.500. The van der Waals surface area contributed by atoms with Gasteiger partial charge in [0.15, 0.2) is 11.4 Å². The van der Waals surface area contributed by atoms with E-state index in [0.29, 0.717) is 11.3 Å². The van der Waals surface area contributed by atoms with E-state index in [0.717, 1.165) is 0 Å². The number of fused-ring (bicyclic) bond motifs is 3. The number of primary amides is 1. The summed E-state index contributed by atoms with van der Waals surface area (Å²) in [5.74, 6) is -8.45. The lowest BCUT2D eigenvalue weighted by molar-refractivity contribution is -0.178. The minimum absolute atomic E-state index is 0.0123. The lowest BCUT2D eigenvalue weighted by Crippen LogP contribution is -2.73. The van der Waals surface area contributed by atoms with Gasteiger partial charge in [-0.2, -0.15) is 0 Å². The summed E-state index contributed by atoms with van der Waals surface area (Å²) in [6, 6.07) is 1.72. The van der Waals surface area contributed by atoms with Gasteiger partial charge in [0.1, 0.15) is 17.4 Å². The smallest absolute Gasteiger partial charge is 0.238 e. The summed E-state index contributed by atoms with van der Waals surface area (Å²) in [7, 11) is 4.91. The first-order chi connectivity index (χ1) is 16.8. The van der Waals surface area contributed by atoms with Gasteiger partial charge in [-0.05, 0) is 57.6 Å². The fourth-order valence-electron chi connectivity index (χ4n) is 5.94. The van der Waals surface area contributed by atoms with Crippen LogP contribution in [0.4, 0.5) is 5.69 Å². The van der Waals surface area contributed by atoms with Crippen LogP contribution in [0.1, 0.15) is 17.5 Å². The van der Waals surface area contributed by atoms with Crippen molar-refractivity contribution in [1.82, 2.24) is 10.2 Å². The number of carbonyl (C=O) groups excluding carboxylic acids is 4. The van der Waals surface area contributed by atoms with Crippen molar-refractivity contribution in [2.24, 2.45) is 23.5 Å². The van der Waals surface area contributed by atoms with Crippen molar-refractivity contribution in [2.75, 3.05) is 33.0 Å². The molecule has 2 amide bonds. The van der Waals surface area contributed by atoms with Gasteiger partial charge in [0.05, 0.1) is 18.2 Å². The Labute approximate surface area is 206 Å². The number of amides is 2. The molecule has 3 aliphatic rings. The summed E-state index contributed by atoms with van der Waals surface area (Å²) < 4.78 is 0. The number of anilines is 1. The molecule has 0 spiro atoms. The molecule has 8 N–H and O–H groups in total. The van der Waals surface area contributed by atoms with Gasteiger partial charge in [0.2, 0.25) is 17.6 Å². The summed E-state index contributed by atoms with van der Waals surface area (Å²) in [5, 5.41) is 49.4. The predicted octanol–water partition coefficient (Wildman–Crippen LogP) is -1.71. The zero-order valence-corrected chi connectivity index (χ0v) is 20.1. The van der Waals surface area contributed by atoms with E-state index in [1.165, 1.54) is 19.2 Å². The number of phenolic OH excluding ortho intramolecular Hbond substituents is 1.